The Labute approximate surface area is 95.8 Å². The van der Waals surface area contributed by atoms with Gasteiger partial charge in [-0.15, -0.1) is 0 Å². The Morgan fingerprint density at radius 1 is 1.53 bits per heavy atom. The first-order valence-electron chi connectivity index (χ1n) is 5.15. The Balaban J connectivity index is 2.22. The molecular formula is C11H17ClN2O. The number of hydrogen-bond acceptors (Lipinski definition) is 3. The molecule has 0 fully saturated rings. The Morgan fingerprint density at radius 3 is 2.93 bits per heavy atom. The maximum absolute atomic E-state index is 5.69. The standard InChI is InChI=1S/C11H17ClN2O/c1-3-15-9(2)6-13-7-10-4-5-11(12)14-8-10/h4-5,8-9,13H,3,6-7H2,1-2H3. The van der Waals surface area contributed by atoms with Gasteiger partial charge >= 0.3 is 0 Å². The number of rotatable bonds is 6. The molecule has 1 N–H and O–H groups in total. The monoisotopic (exact) mass is 228 g/mol. The van der Waals surface area contributed by atoms with Crippen LogP contribution < -0.4 is 5.32 Å². The van der Waals surface area contributed by atoms with Gasteiger partial charge in [0.05, 0.1) is 6.10 Å². The van der Waals surface area contributed by atoms with Crippen LogP contribution in [0, 0.1) is 0 Å². The highest BCUT2D eigenvalue weighted by molar-refractivity contribution is 6.29. The van der Waals surface area contributed by atoms with Gasteiger partial charge in [-0.2, -0.15) is 0 Å². The number of ether oxygens (including phenoxy) is 1. The van der Waals surface area contributed by atoms with Crippen LogP contribution in [0.3, 0.4) is 0 Å². The van der Waals surface area contributed by atoms with E-state index < -0.39 is 0 Å². The topological polar surface area (TPSA) is 34.1 Å². The fourth-order valence-corrected chi connectivity index (χ4v) is 1.39. The van der Waals surface area contributed by atoms with E-state index >= 15 is 0 Å². The van der Waals surface area contributed by atoms with Crippen molar-refractivity contribution >= 4 is 11.6 Å². The van der Waals surface area contributed by atoms with E-state index in [2.05, 4.69) is 17.2 Å². The van der Waals surface area contributed by atoms with Crippen molar-refractivity contribution in [2.75, 3.05) is 13.2 Å². The summed E-state index contributed by atoms with van der Waals surface area (Å²) in [4.78, 5) is 4.01. The Bertz CT molecular complexity index is 276. The van der Waals surface area contributed by atoms with Crippen LogP contribution in [0.15, 0.2) is 18.3 Å². The molecule has 4 heteroatoms. The molecule has 0 amide bonds. The van der Waals surface area contributed by atoms with Crippen LogP contribution in [0.25, 0.3) is 0 Å². The minimum absolute atomic E-state index is 0.246. The predicted octanol–water partition coefficient (Wildman–Crippen LogP) is 2.25. The molecule has 15 heavy (non-hydrogen) atoms. The summed E-state index contributed by atoms with van der Waals surface area (Å²) in [5, 5.41) is 3.83. The summed E-state index contributed by atoms with van der Waals surface area (Å²) in [5.41, 5.74) is 1.13. The van der Waals surface area contributed by atoms with E-state index in [1.807, 2.05) is 13.0 Å². The van der Waals surface area contributed by atoms with E-state index in [9.17, 15) is 0 Å². The zero-order valence-corrected chi connectivity index (χ0v) is 9.92. The highest BCUT2D eigenvalue weighted by Gasteiger charge is 2.00. The first-order valence-corrected chi connectivity index (χ1v) is 5.53. The van der Waals surface area contributed by atoms with E-state index in [1.54, 1.807) is 12.3 Å². The molecule has 3 nitrogen and oxygen atoms in total. The van der Waals surface area contributed by atoms with Crippen molar-refractivity contribution in [3.63, 3.8) is 0 Å². The molecule has 0 aliphatic heterocycles. The summed E-state index contributed by atoms with van der Waals surface area (Å²) < 4.78 is 5.40. The summed E-state index contributed by atoms with van der Waals surface area (Å²) in [7, 11) is 0. The van der Waals surface area contributed by atoms with Crippen molar-refractivity contribution in [2.24, 2.45) is 0 Å². The van der Waals surface area contributed by atoms with E-state index in [0.717, 1.165) is 25.3 Å². The zero-order valence-electron chi connectivity index (χ0n) is 9.16. The largest absolute Gasteiger partial charge is 0.377 e. The minimum atomic E-state index is 0.246. The molecule has 1 rings (SSSR count). The summed E-state index contributed by atoms with van der Waals surface area (Å²) in [6, 6.07) is 3.76. The first kappa shape index (κ1) is 12.4. The SMILES string of the molecule is CCOC(C)CNCc1ccc(Cl)nc1. The molecule has 1 atom stereocenters. The molecule has 1 heterocycles. The van der Waals surface area contributed by atoms with Crippen LogP contribution in [0.2, 0.25) is 5.15 Å². The van der Waals surface area contributed by atoms with Crippen LogP contribution in [-0.2, 0) is 11.3 Å². The number of aromatic nitrogens is 1. The van der Waals surface area contributed by atoms with Crippen molar-refractivity contribution in [1.29, 1.82) is 0 Å². The lowest BCUT2D eigenvalue weighted by Gasteiger charge is -2.12. The molecular weight excluding hydrogens is 212 g/mol. The van der Waals surface area contributed by atoms with Gasteiger partial charge in [0.25, 0.3) is 0 Å². The average Bonchev–Trinajstić information content (AvgIpc) is 2.21. The number of nitrogens with zero attached hydrogens (tertiary/aromatic N) is 1. The number of hydrogen-bond donors (Lipinski definition) is 1. The maximum atomic E-state index is 5.69. The van der Waals surface area contributed by atoms with Gasteiger partial charge in [-0.3, -0.25) is 0 Å². The average molecular weight is 229 g/mol. The third-order valence-corrected chi connectivity index (χ3v) is 2.22. The molecule has 0 bridgehead atoms. The van der Waals surface area contributed by atoms with Gasteiger partial charge in [0, 0.05) is 25.9 Å². The van der Waals surface area contributed by atoms with Gasteiger partial charge < -0.3 is 10.1 Å². The van der Waals surface area contributed by atoms with Crippen molar-refractivity contribution in [1.82, 2.24) is 10.3 Å². The Hall–Kier alpha value is -0.640. The summed E-state index contributed by atoms with van der Waals surface area (Å²) in [6.07, 6.45) is 2.02. The molecule has 1 aromatic rings. The van der Waals surface area contributed by atoms with Crippen LogP contribution in [0.1, 0.15) is 19.4 Å². The zero-order chi connectivity index (χ0) is 11.1. The molecule has 0 saturated carbocycles. The fraction of sp³-hybridized carbons (Fsp3) is 0.545. The molecule has 1 aromatic heterocycles. The highest BCUT2D eigenvalue weighted by atomic mass is 35.5. The number of pyridine rings is 1. The molecule has 1 unspecified atom stereocenters. The molecule has 0 aliphatic rings. The number of halogens is 1. The lowest BCUT2D eigenvalue weighted by molar-refractivity contribution is 0.0759. The normalized spacial score (nSPS) is 12.7. The lowest BCUT2D eigenvalue weighted by atomic mass is 10.3. The van der Waals surface area contributed by atoms with Crippen molar-refractivity contribution in [3.05, 3.63) is 29.0 Å². The van der Waals surface area contributed by atoms with E-state index in [-0.39, 0.29) is 6.10 Å². The Morgan fingerprint density at radius 2 is 2.33 bits per heavy atom. The van der Waals surface area contributed by atoms with Gasteiger partial charge in [-0.25, -0.2) is 4.98 Å². The summed E-state index contributed by atoms with van der Waals surface area (Å²) in [5.74, 6) is 0. The van der Waals surface area contributed by atoms with E-state index in [1.165, 1.54) is 0 Å². The summed E-state index contributed by atoms with van der Waals surface area (Å²) in [6.45, 7) is 6.44. The second-order valence-electron chi connectivity index (χ2n) is 3.39. The second kappa shape index (κ2) is 6.77. The van der Waals surface area contributed by atoms with Crippen molar-refractivity contribution in [3.8, 4) is 0 Å². The third kappa shape index (κ3) is 5.11. The van der Waals surface area contributed by atoms with Crippen molar-refractivity contribution < 1.29 is 4.74 Å². The van der Waals surface area contributed by atoms with Gasteiger partial charge in [-0.05, 0) is 25.5 Å². The first-order chi connectivity index (χ1) is 7.22. The van der Waals surface area contributed by atoms with Gasteiger partial charge in [0.1, 0.15) is 5.15 Å². The van der Waals surface area contributed by atoms with Crippen LogP contribution >= 0.6 is 11.6 Å². The third-order valence-electron chi connectivity index (χ3n) is 2.00. The Kier molecular flexibility index (Phi) is 5.61. The molecule has 0 aromatic carbocycles. The predicted molar refractivity (Wildman–Crippen MR) is 62.0 cm³/mol. The van der Waals surface area contributed by atoms with Crippen LogP contribution in [0.4, 0.5) is 0 Å². The van der Waals surface area contributed by atoms with Crippen LogP contribution in [-0.4, -0.2) is 24.2 Å². The molecule has 0 aliphatic carbocycles. The molecule has 84 valence electrons. The van der Waals surface area contributed by atoms with Crippen LogP contribution in [0.5, 0.6) is 0 Å². The fourth-order valence-electron chi connectivity index (χ4n) is 1.27. The minimum Gasteiger partial charge on any atom is -0.377 e. The number of nitrogens with one attached hydrogen (secondary N) is 1. The smallest absolute Gasteiger partial charge is 0.129 e. The van der Waals surface area contributed by atoms with Gasteiger partial charge in [-0.1, -0.05) is 17.7 Å². The van der Waals surface area contributed by atoms with Crippen molar-refractivity contribution in [2.45, 2.75) is 26.5 Å². The van der Waals surface area contributed by atoms with Gasteiger partial charge in [0.15, 0.2) is 0 Å². The quantitative estimate of drug-likeness (QED) is 0.759. The van der Waals surface area contributed by atoms with E-state index in [0.29, 0.717) is 5.15 Å². The molecule has 0 saturated heterocycles. The highest BCUT2D eigenvalue weighted by Crippen LogP contribution is 2.04. The summed E-state index contributed by atoms with van der Waals surface area (Å²) >= 11 is 5.69. The molecule has 0 spiro atoms. The lowest BCUT2D eigenvalue weighted by Crippen LogP contribution is -2.26. The van der Waals surface area contributed by atoms with E-state index in [4.69, 9.17) is 16.3 Å². The maximum Gasteiger partial charge on any atom is 0.129 e. The second-order valence-corrected chi connectivity index (χ2v) is 3.77. The molecule has 0 radical (unpaired) electrons. The van der Waals surface area contributed by atoms with Gasteiger partial charge in [0.2, 0.25) is 0 Å².